The summed E-state index contributed by atoms with van der Waals surface area (Å²) in [7, 11) is 1.77. The summed E-state index contributed by atoms with van der Waals surface area (Å²) in [4.78, 5) is 22.9. The first-order valence-electron chi connectivity index (χ1n) is 10.4. The van der Waals surface area contributed by atoms with Crippen LogP contribution in [0.3, 0.4) is 0 Å². The molecule has 0 radical (unpaired) electrons. The fourth-order valence-corrected chi connectivity index (χ4v) is 3.15. The van der Waals surface area contributed by atoms with Crippen molar-refractivity contribution in [1.82, 2.24) is 20.5 Å². The SMILES string of the molecule is CN=C(NCc1ccc(OCC2CC2)nc1)N1CCC(NC(=O)OC(C)(C)C)C1. The average Bonchev–Trinajstić information content (AvgIpc) is 3.38. The number of hydrogen-bond donors (Lipinski definition) is 2. The molecule has 1 saturated heterocycles. The molecular weight excluding hydrogens is 370 g/mol. The number of likely N-dealkylation sites (tertiary alicyclic amines) is 1. The standard InChI is InChI=1S/C21H33N5O3/c1-21(2,3)29-20(27)25-17-9-10-26(13-17)19(22-4)24-12-16-7-8-18(23-11-16)28-14-15-5-6-15/h7-8,11,15,17H,5-6,9-10,12-14H2,1-4H3,(H,22,24)(H,25,27). The lowest BCUT2D eigenvalue weighted by Crippen LogP contribution is -2.44. The molecule has 8 nitrogen and oxygen atoms in total. The third kappa shape index (κ3) is 7.11. The third-order valence-electron chi connectivity index (χ3n) is 4.83. The molecule has 1 atom stereocenters. The van der Waals surface area contributed by atoms with Crippen molar-refractivity contribution in [2.75, 3.05) is 26.7 Å². The number of carbonyl (C=O) groups excluding carboxylic acids is 1. The highest BCUT2D eigenvalue weighted by atomic mass is 16.6. The lowest BCUT2D eigenvalue weighted by molar-refractivity contribution is 0.0507. The first-order chi connectivity index (χ1) is 13.8. The van der Waals surface area contributed by atoms with Crippen molar-refractivity contribution in [2.24, 2.45) is 10.9 Å². The highest BCUT2D eigenvalue weighted by Crippen LogP contribution is 2.29. The summed E-state index contributed by atoms with van der Waals surface area (Å²) in [6.07, 6.45) is 4.85. The Balaban J connectivity index is 1.42. The summed E-state index contributed by atoms with van der Waals surface area (Å²) in [6, 6.07) is 3.98. The van der Waals surface area contributed by atoms with Crippen LogP contribution < -0.4 is 15.4 Å². The summed E-state index contributed by atoms with van der Waals surface area (Å²) >= 11 is 0. The molecule has 2 aliphatic rings. The van der Waals surface area contributed by atoms with Crippen LogP contribution in [0.15, 0.2) is 23.3 Å². The zero-order valence-electron chi connectivity index (χ0n) is 17.9. The molecule has 1 unspecified atom stereocenters. The second kappa shape index (κ2) is 9.33. The highest BCUT2D eigenvalue weighted by Gasteiger charge is 2.27. The molecule has 1 aromatic rings. The van der Waals surface area contributed by atoms with E-state index in [0.29, 0.717) is 19.0 Å². The average molecular weight is 404 g/mol. The number of nitrogens with zero attached hydrogens (tertiary/aromatic N) is 3. The van der Waals surface area contributed by atoms with Gasteiger partial charge in [0.25, 0.3) is 0 Å². The van der Waals surface area contributed by atoms with E-state index in [4.69, 9.17) is 9.47 Å². The van der Waals surface area contributed by atoms with Gasteiger partial charge in [-0.15, -0.1) is 0 Å². The summed E-state index contributed by atoms with van der Waals surface area (Å²) < 4.78 is 11.0. The van der Waals surface area contributed by atoms with Crippen LogP contribution in [0.1, 0.15) is 45.6 Å². The maximum absolute atomic E-state index is 12.0. The fourth-order valence-electron chi connectivity index (χ4n) is 3.15. The smallest absolute Gasteiger partial charge is 0.407 e. The first kappa shape index (κ1) is 21.2. The summed E-state index contributed by atoms with van der Waals surface area (Å²) in [5, 5.41) is 6.31. The number of carbonyl (C=O) groups is 1. The second-order valence-corrected chi connectivity index (χ2v) is 8.74. The van der Waals surface area contributed by atoms with E-state index in [2.05, 4.69) is 25.5 Å². The molecule has 1 amide bonds. The molecular formula is C21H33N5O3. The summed E-state index contributed by atoms with van der Waals surface area (Å²) in [5.74, 6) is 2.21. The van der Waals surface area contributed by atoms with Gasteiger partial charge in [-0.1, -0.05) is 6.07 Å². The number of aromatic nitrogens is 1. The van der Waals surface area contributed by atoms with Gasteiger partial charge in [-0.2, -0.15) is 0 Å². The Labute approximate surface area is 173 Å². The number of nitrogens with one attached hydrogen (secondary N) is 2. The van der Waals surface area contributed by atoms with Crippen LogP contribution in [0.2, 0.25) is 0 Å². The van der Waals surface area contributed by atoms with E-state index >= 15 is 0 Å². The minimum atomic E-state index is -0.494. The monoisotopic (exact) mass is 403 g/mol. The highest BCUT2D eigenvalue weighted by molar-refractivity contribution is 5.80. The molecule has 160 valence electrons. The van der Waals surface area contributed by atoms with Crippen molar-refractivity contribution >= 4 is 12.1 Å². The van der Waals surface area contributed by atoms with Crippen molar-refractivity contribution in [3.63, 3.8) is 0 Å². The Morgan fingerprint density at radius 2 is 2.10 bits per heavy atom. The first-order valence-corrected chi connectivity index (χ1v) is 10.4. The van der Waals surface area contributed by atoms with Gasteiger partial charge in [0.1, 0.15) is 5.60 Å². The zero-order valence-corrected chi connectivity index (χ0v) is 17.9. The number of aliphatic imine (C=N–C) groups is 1. The van der Waals surface area contributed by atoms with Gasteiger partial charge in [0.2, 0.25) is 5.88 Å². The van der Waals surface area contributed by atoms with Crippen molar-refractivity contribution in [1.29, 1.82) is 0 Å². The van der Waals surface area contributed by atoms with Gasteiger partial charge in [-0.25, -0.2) is 9.78 Å². The van der Waals surface area contributed by atoms with E-state index < -0.39 is 5.60 Å². The van der Waals surface area contributed by atoms with Crippen LogP contribution in [0, 0.1) is 5.92 Å². The zero-order chi connectivity index (χ0) is 20.9. The maximum atomic E-state index is 12.0. The van der Waals surface area contributed by atoms with Gasteiger partial charge in [-0.05, 0) is 51.5 Å². The molecule has 1 saturated carbocycles. The van der Waals surface area contributed by atoms with Crippen LogP contribution in [-0.2, 0) is 11.3 Å². The molecule has 0 spiro atoms. The van der Waals surface area contributed by atoms with E-state index in [0.717, 1.165) is 37.0 Å². The van der Waals surface area contributed by atoms with Crippen molar-refractivity contribution < 1.29 is 14.3 Å². The number of rotatable bonds is 6. The van der Waals surface area contributed by atoms with Crippen LogP contribution >= 0.6 is 0 Å². The molecule has 1 aromatic heterocycles. The minimum Gasteiger partial charge on any atom is -0.477 e. The molecule has 1 aliphatic carbocycles. The van der Waals surface area contributed by atoms with E-state index in [1.54, 1.807) is 7.05 Å². The van der Waals surface area contributed by atoms with Crippen molar-refractivity contribution in [2.45, 2.75) is 58.2 Å². The molecule has 2 fully saturated rings. The predicted octanol–water partition coefficient (Wildman–Crippen LogP) is 2.54. The Hall–Kier alpha value is -2.51. The Morgan fingerprint density at radius 1 is 1.31 bits per heavy atom. The third-order valence-corrected chi connectivity index (χ3v) is 4.83. The van der Waals surface area contributed by atoms with Gasteiger partial charge < -0.3 is 25.0 Å². The quantitative estimate of drug-likeness (QED) is 0.561. The van der Waals surface area contributed by atoms with E-state index in [9.17, 15) is 4.79 Å². The normalized spacial score (nSPS) is 19.8. The Kier molecular flexibility index (Phi) is 6.82. The van der Waals surface area contributed by atoms with Crippen molar-refractivity contribution in [3.05, 3.63) is 23.9 Å². The van der Waals surface area contributed by atoms with Gasteiger partial charge in [0.15, 0.2) is 5.96 Å². The Bertz CT molecular complexity index is 710. The van der Waals surface area contributed by atoms with Gasteiger partial charge in [-0.3, -0.25) is 4.99 Å². The topological polar surface area (TPSA) is 88.1 Å². The summed E-state index contributed by atoms with van der Waals surface area (Å²) in [5.41, 5.74) is 0.569. The van der Waals surface area contributed by atoms with Crippen LogP contribution in [-0.4, -0.2) is 60.3 Å². The van der Waals surface area contributed by atoms with Crippen molar-refractivity contribution in [3.8, 4) is 5.88 Å². The lowest BCUT2D eigenvalue weighted by Gasteiger charge is -2.23. The fraction of sp³-hybridized carbons (Fsp3) is 0.667. The van der Waals surface area contributed by atoms with Gasteiger partial charge in [0, 0.05) is 38.9 Å². The number of alkyl carbamates (subject to hydrolysis) is 1. The number of amides is 1. The van der Waals surface area contributed by atoms with Crippen LogP contribution in [0.4, 0.5) is 4.79 Å². The molecule has 1 aliphatic heterocycles. The number of hydrogen-bond acceptors (Lipinski definition) is 5. The predicted molar refractivity (Wildman–Crippen MR) is 112 cm³/mol. The van der Waals surface area contributed by atoms with Crippen LogP contribution in [0.5, 0.6) is 5.88 Å². The molecule has 8 heteroatoms. The maximum Gasteiger partial charge on any atom is 0.407 e. The second-order valence-electron chi connectivity index (χ2n) is 8.74. The minimum absolute atomic E-state index is 0.0490. The van der Waals surface area contributed by atoms with Gasteiger partial charge >= 0.3 is 6.09 Å². The molecule has 2 N–H and O–H groups in total. The largest absolute Gasteiger partial charge is 0.477 e. The van der Waals surface area contributed by atoms with Gasteiger partial charge in [0.05, 0.1) is 12.6 Å². The molecule has 3 rings (SSSR count). The van der Waals surface area contributed by atoms with E-state index in [1.165, 1.54) is 12.8 Å². The number of ether oxygens (including phenoxy) is 2. The lowest BCUT2D eigenvalue weighted by atomic mass is 10.2. The molecule has 29 heavy (non-hydrogen) atoms. The Morgan fingerprint density at radius 3 is 2.72 bits per heavy atom. The number of pyridine rings is 1. The molecule has 0 bridgehead atoms. The van der Waals surface area contributed by atoms with E-state index in [-0.39, 0.29) is 12.1 Å². The molecule has 2 heterocycles. The number of guanidine groups is 1. The van der Waals surface area contributed by atoms with Crippen LogP contribution in [0.25, 0.3) is 0 Å². The molecule has 0 aromatic carbocycles. The summed E-state index contributed by atoms with van der Waals surface area (Å²) in [6.45, 7) is 8.51. The van der Waals surface area contributed by atoms with E-state index in [1.807, 2.05) is 39.1 Å².